The Bertz CT molecular complexity index is 1680. The molecule has 2 heterocycles. The number of benzene rings is 2. The molecule has 4 rings (SSSR count). The first kappa shape index (κ1) is 25.9. The Hall–Kier alpha value is -4.21. The minimum atomic E-state index is -5.05. The lowest BCUT2D eigenvalue weighted by Crippen LogP contribution is -2.27. The van der Waals surface area contributed by atoms with Crippen molar-refractivity contribution in [2.45, 2.75) is 12.7 Å². The smallest absolute Gasteiger partial charge is 0.437 e. The number of alkyl halides is 3. The van der Waals surface area contributed by atoms with Gasteiger partial charge in [0.2, 0.25) is 5.75 Å². The molecule has 0 amide bonds. The van der Waals surface area contributed by atoms with Crippen LogP contribution in [0.5, 0.6) is 11.5 Å². The van der Waals surface area contributed by atoms with Gasteiger partial charge in [-0.2, -0.15) is 23.5 Å². The molecule has 0 radical (unpaired) electrons. The molecule has 0 saturated heterocycles. The van der Waals surface area contributed by atoms with Crippen molar-refractivity contribution in [2.75, 3.05) is 0 Å². The number of hydrogen-bond acceptors (Lipinski definition) is 6. The normalized spacial score (nSPS) is 11.3. The van der Waals surface area contributed by atoms with E-state index in [0.29, 0.717) is 6.33 Å². The maximum Gasteiger partial charge on any atom is 0.437 e. The van der Waals surface area contributed by atoms with Crippen molar-refractivity contribution in [3.8, 4) is 28.7 Å². The Morgan fingerprint density at radius 1 is 1.08 bits per heavy atom. The van der Waals surface area contributed by atoms with E-state index in [1.165, 1.54) is 18.2 Å². The second-order valence-electron chi connectivity index (χ2n) is 7.47. The van der Waals surface area contributed by atoms with Crippen LogP contribution in [0.2, 0.25) is 10.0 Å². The summed E-state index contributed by atoms with van der Waals surface area (Å²) in [5.74, 6) is -2.08. The van der Waals surface area contributed by atoms with Gasteiger partial charge in [-0.1, -0.05) is 23.2 Å². The lowest BCUT2D eigenvalue weighted by Gasteiger charge is -2.15. The van der Waals surface area contributed by atoms with Gasteiger partial charge in [0.15, 0.2) is 5.69 Å². The standard InChI is InChI=1S/C23H11Cl2F4N5O3/c24-12-3-11(8-30)4-15(5-12)37-19-20(23(27,28)29)31-10-34(22(19)36)9-14-7-17(21(35)33-32-14)16-2-1-13(26)6-18(16)25/h1-7,10H,9H2,(H,33,35). The van der Waals surface area contributed by atoms with Crippen LogP contribution in [-0.2, 0) is 12.7 Å². The third-order valence-corrected chi connectivity index (χ3v) is 5.43. The van der Waals surface area contributed by atoms with Crippen molar-refractivity contribution < 1.29 is 22.3 Å². The largest absolute Gasteiger partial charge is 0.449 e. The van der Waals surface area contributed by atoms with Crippen molar-refractivity contribution in [1.29, 1.82) is 5.26 Å². The predicted molar refractivity (Wildman–Crippen MR) is 124 cm³/mol. The van der Waals surface area contributed by atoms with E-state index in [9.17, 15) is 27.2 Å². The Balaban J connectivity index is 1.78. The highest BCUT2D eigenvalue weighted by molar-refractivity contribution is 6.33. The fourth-order valence-corrected chi connectivity index (χ4v) is 3.79. The number of ether oxygens (including phenoxy) is 1. The maximum absolute atomic E-state index is 13.6. The number of nitrogens with one attached hydrogen (secondary N) is 1. The van der Waals surface area contributed by atoms with Crippen LogP contribution in [-0.4, -0.2) is 19.7 Å². The molecule has 0 unspecified atom stereocenters. The summed E-state index contributed by atoms with van der Waals surface area (Å²) in [6.07, 6.45) is -4.40. The molecule has 37 heavy (non-hydrogen) atoms. The van der Waals surface area contributed by atoms with E-state index in [-0.39, 0.29) is 38.2 Å². The van der Waals surface area contributed by atoms with Crippen molar-refractivity contribution in [2.24, 2.45) is 0 Å². The van der Waals surface area contributed by atoms with E-state index in [0.717, 1.165) is 28.8 Å². The minimum Gasteiger partial charge on any atom is -0.449 e. The third-order valence-electron chi connectivity index (χ3n) is 4.90. The number of nitriles is 1. The topological polar surface area (TPSA) is 114 Å². The zero-order valence-corrected chi connectivity index (χ0v) is 19.6. The van der Waals surface area contributed by atoms with Crippen LogP contribution < -0.4 is 15.9 Å². The SMILES string of the molecule is N#Cc1cc(Cl)cc(Oc2c(C(F)(F)F)ncn(Cc3cc(-c4ccc(F)cc4Cl)c(=O)[nH]n3)c2=O)c1. The first-order valence-corrected chi connectivity index (χ1v) is 10.8. The van der Waals surface area contributed by atoms with Crippen molar-refractivity contribution >= 4 is 23.2 Å². The zero-order valence-electron chi connectivity index (χ0n) is 18.1. The second kappa shape index (κ2) is 10.0. The van der Waals surface area contributed by atoms with Gasteiger partial charge in [-0.3, -0.25) is 14.2 Å². The molecule has 0 bridgehead atoms. The van der Waals surface area contributed by atoms with E-state index in [1.807, 2.05) is 0 Å². The van der Waals surface area contributed by atoms with E-state index < -0.39 is 41.1 Å². The average molecular weight is 552 g/mol. The number of halogens is 6. The first-order chi connectivity index (χ1) is 17.5. The van der Waals surface area contributed by atoms with Gasteiger partial charge in [0, 0.05) is 10.6 Å². The molecular formula is C23H11Cl2F4N5O3. The van der Waals surface area contributed by atoms with Crippen LogP contribution in [0, 0.1) is 17.1 Å². The van der Waals surface area contributed by atoms with Crippen LogP contribution in [0.25, 0.3) is 11.1 Å². The number of hydrogen-bond donors (Lipinski definition) is 1. The molecule has 8 nitrogen and oxygen atoms in total. The van der Waals surface area contributed by atoms with E-state index >= 15 is 0 Å². The zero-order chi connectivity index (χ0) is 26.9. The summed E-state index contributed by atoms with van der Waals surface area (Å²) in [6, 6.07) is 9.86. The molecule has 1 N–H and O–H groups in total. The third kappa shape index (κ3) is 5.63. The Morgan fingerprint density at radius 2 is 1.84 bits per heavy atom. The van der Waals surface area contributed by atoms with Crippen molar-refractivity contribution in [3.05, 3.63) is 102 Å². The first-order valence-electron chi connectivity index (χ1n) is 10.1. The molecule has 0 fully saturated rings. The molecule has 0 aliphatic heterocycles. The minimum absolute atomic E-state index is 0.00347. The summed E-state index contributed by atoms with van der Waals surface area (Å²) in [6.45, 7) is -0.429. The van der Waals surface area contributed by atoms with Gasteiger partial charge in [-0.15, -0.1) is 0 Å². The quantitative estimate of drug-likeness (QED) is 0.342. The lowest BCUT2D eigenvalue weighted by atomic mass is 10.1. The van der Waals surface area contributed by atoms with Gasteiger partial charge in [0.25, 0.3) is 11.1 Å². The lowest BCUT2D eigenvalue weighted by molar-refractivity contribution is -0.142. The Kier molecular flexibility index (Phi) is 7.02. The summed E-state index contributed by atoms with van der Waals surface area (Å²) >= 11 is 11.9. The molecule has 4 aromatic rings. The van der Waals surface area contributed by atoms with Gasteiger partial charge in [-0.25, -0.2) is 14.5 Å². The highest BCUT2D eigenvalue weighted by Gasteiger charge is 2.38. The molecule has 0 aliphatic carbocycles. The molecule has 0 atom stereocenters. The van der Waals surface area contributed by atoms with Gasteiger partial charge in [0.1, 0.15) is 11.6 Å². The molecule has 2 aromatic carbocycles. The van der Waals surface area contributed by atoms with Gasteiger partial charge >= 0.3 is 6.18 Å². The van der Waals surface area contributed by atoms with Crippen molar-refractivity contribution in [1.82, 2.24) is 19.7 Å². The van der Waals surface area contributed by atoms with Gasteiger partial charge < -0.3 is 4.74 Å². The fraction of sp³-hybridized carbons (Fsp3) is 0.0870. The molecule has 188 valence electrons. The summed E-state index contributed by atoms with van der Waals surface area (Å²) in [7, 11) is 0. The van der Waals surface area contributed by atoms with Crippen LogP contribution in [0.15, 0.2) is 58.4 Å². The van der Waals surface area contributed by atoms with Gasteiger partial charge in [-0.05, 0) is 42.5 Å². The van der Waals surface area contributed by atoms with E-state index in [1.54, 1.807) is 6.07 Å². The summed E-state index contributed by atoms with van der Waals surface area (Å²) in [5.41, 5.74) is -3.31. The Labute approximate surface area is 214 Å². The number of H-pyrrole nitrogens is 1. The molecule has 0 aliphatic rings. The van der Waals surface area contributed by atoms with Crippen LogP contribution in [0.4, 0.5) is 17.6 Å². The van der Waals surface area contributed by atoms with E-state index in [2.05, 4.69) is 15.2 Å². The molecular weight excluding hydrogens is 541 g/mol. The monoisotopic (exact) mass is 551 g/mol. The predicted octanol–water partition coefficient (Wildman–Crippen LogP) is 5.17. The van der Waals surface area contributed by atoms with E-state index in [4.69, 9.17) is 33.2 Å². The summed E-state index contributed by atoms with van der Waals surface area (Å²) < 4.78 is 60.2. The molecule has 0 saturated carbocycles. The fourth-order valence-electron chi connectivity index (χ4n) is 3.29. The van der Waals surface area contributed by atoms with Crippen LogP contribution in [0.3, 0.4) is 0 Å². The number of aromatic nitrogens is 4. The maximum atomic E-state index is 13.6. The number of aromatic amines is 1. The highest BCUT2D eigenvalue weighted by Crippen LogP contribution is 2.35. The van der Waals surface area contributed by atoms with Gasteiger partial charge in [0.05, 0.1) is 40.8 Å². The van der Waals surface area contributed by atoms with Crippen LogP contribution >= 0.6 is 23.2 Å². The van der Waals surface area contributed by atoms with Crippen LogP contribution in [0.1, 0.15) is 17.0 Å². The average Bonchev–Trinajstić information content (AvgIpc) is 2.82. The molecule has 2 aromatic heterocycles. The highest BCUT2D eigenvalue weighted by atomic mass is 35.5. The molecule has 14 heteroatoms. The number of rotatable bonds is 5. The Morgan fingerprint density at radius 3 is 2.51 bits per heavy atom. The van der Waals surface area contributed by atoms with Crippen molar-refractivity contribution in [3.63, 3.8) is 0 Å². The second-order valence-corrected chi connectivity index (χ2v) is 8.31. The summed E-state index contributed by atoms with van der Waals surface area (Å²) in [5, 5.41) is 15.0. The summed E-state index contributed by atoms with van der Waals surface area (Å²) in [4.78, 5) is 28.7. The molecule has 0 spiro atoms. The number of nitrogens with zero attached hydrogens (tertiary/aromatic N) is 4.